The van der Waals surface area contributed by atoms with E-state index in [2.05, 4.69) is 38.3 Å². The van der Waals surface area contributed by atoms with E-state index in [1.165, 1.54) is 25.7 Å². The maximum Gasteiger partial charge on any atom is 0.236 e. The van der Waals surface area contributed by atoms with Crippen molar-refractivity contribution in [3.63, 3.8) is 0 Å². The Morgan fingerprint density at radius 3 is 2.32 bits per heavy atom. The van der Waals surface area contributed by atoms with E-state index < -0.39 is 0 Å². The van der Waals surface area contributed by atoms with Crippen LogP contribution in [0, 0.1) is 17.8 Å². The average Bonchev–Trinajstić information content (AvgIpc) is 2.36. The first-order valence-electron chi connectivity index (χ1n) is 7.93. The van der Waals surface area contributed by atoms with Gasteiger partial charge >= 0.3 is 0 Å². The van der Waals surface area contributed by atoms with Crippen LogP contribution in [0.4, 0.5) is 0 Å². The number of likely N-dealkylation sites (N-methyl/N-ethyl adjacent to an activating group) is 1. The Kier molecular flexibility index (Phi) is 6.84. The lowest BCUT2D eigenvalue weighted by Gasteiger charge is -2.37. The van der Waals surface area contributed by atoms with E-state index in [0.29, 0.717) is 23.8 Å². The Bertz CT molecular complexity index is 276. The van der Waals surface area contributed by atoms with E-state index in [9.17, 15) is 4.79 Å². The van der Waals surface area contributed by atoms with Crippen LogP contribution < -0.4 is 10.6 Å². The van der Waals surface area contributed by atoms with Crippen LogP contribution in [-0.2, 0) is 4.79 Å². The zero-order valence-electron chi connectivity index (χ0n) is 13.3. The summed E-state index contributed by atoms with van der Waals surface area (Å²) in [7, 11) is 1.73. The minimum absolute atomic E-state index is 0.0330. The van der Waals surface area contributed by atoms with Gasteiger partial charge in [-0.15, -0.1) is 0 Å². The monoisotopic (exact) mass is 268 g/mol. The first kappa shape index (κ1) is 16.5. The van der Waals surface area contributed by atoms with Crippen LogP contribution in [0.25, 0.3) is 0 Å². The molecule has 0 spiro atoms. The number of rotatable bonds is 6. The number of amides is 1. The Balaban J connectivity index is 2.67. The van der Waals surface area contributed by atoms with Gasteiger partial charge < -0.3 is 10.6 Å². The third-order valence-corrected chi connectivity index (χ3v) is 4.36. The highest BCUT2D eigenvalue weighted by Crippen LogP contribution is 2.30. The van der Waals surface area contributed by atoms with E-state index in [0.717, 1.165) is 6.42 Å². The van der Waals surface area contributed by atoms with E-state index in [1.807, 2.05) is 0 Å². The summed E-state index contributed by atoms with van der Waals surface area (Å²) in [6.07, 6.45) is 6.08. The van der Waals surface area contributed by atoms with Crippen molar-refractivity contribution < 1.29 is 4.79 Å². The molecule has 0 heterocycles. The zero-order valence-corrected chi connectivity index (χ0v) is 13.3. The second-order valence-electron chi connectivity index (χ2n) is 6.76. The van der Waals surface area contributed by atoms with Crippen LogP contribution in [0.15, 0.2) is 0 Å². The van der Waals surface area contributed by atoms with Crippen molar-refractivity contribution in [2.24, 2.45) is 17.8 Å². The summed E-state index contributed by atoms with van der Waals surface area (Å²) in [5, 5.41) is 6.46. The molecule has 1 aliphatic carbocycles. The fourth-order valence-electron chi connectivity index (χ4n) is 3.32. The number of nitrogens with one attached hydrogen (secondary N) is 2. The van der Waals surface area contributed by atoms with Crippen molar-refractivity contribution in [3.05, 3.63) is 0 Å². The predicted octanol–water partition coefficient (Wildman–Crippen LogP) is 2.95. The summed E-state index contributed by atoms with van der Waals surface area (Å²) >= 11 is 0. The summed E-state index contributed by atoms with van der Waals surface area (Å²) in [6, 6.07) is 0.476. The lowest BCUT2D eigenvalue weighted by molar-refractivity contribution is -0.123. The molecular formula is C16H32N2O. The van der Waals surface area contributed by atoms with Crippen molar-refractivity contribution in [3.8, 4) is 0 Å². The second-order valence-corrected chi connectivity index (χ2v) is 6.76. The maximum absolute atomic E-state index is 12.0. The molecule has 3 nitrogen and oxygen atoms in total. The molecule has 2 N–H and O–H groups in total. The topological polar surface area (TPSA) is 41.1 Å². The summed E-state index contributed by atoms with van der Waals surface area (Å²) in [5.74, 6) is 2.09. The molecule has 0 aromatic heterocycles. The number of hydrogen-bond acceptors (Lipinski definition) is 2. The zero-order chi connectivity index (χ0) is 14.4. The molecule has 1 fully saturated rings. The lowest BCUT2D eigenvalue weighted by Crippen LogP contribution is -2.52. The molecule has 0 aliphatic heterocycles. The highest BCUT2D eigenvalue weighted by atomic mass is 16.2. The molecule has 3 atom stereocenters. The van der Waals surface area contributed by atoms with E-state index in [-0.39, 0.29) is 11.9 Å². The number of carbonyl (C=O) groups is 1. The molecule has 1 rings (SSSR count). The summed E-state index contributed by atoms with van der Waals surface area (Å²) in [4.78, 5) is 12.0. The fraction of sp³-hybridized carbons (Fsp3) is 0.938. The largest absolute Gasteiger partial charge is 0.358 e. The van der Waals surface area contributed by atoms with E-state index >= 15 is 0 Å². The Morgan fingerprint density at radius 2 is 1.79 bits per heavy atom. The fourth-order valence-corrected chi connectivity index (χ4v) is 3.32. The molecule has 0 aromatic carbocycles. The van der Waals surface area contributed by atoms with Crippen LogP contribution >= 0.6 is 0 Å². The van der Waals surface area contributed by atoms with Crippen LogP contribution in [0.2, 0.25) is 0 Å². The van der Waals surface area contributed by atoms with E-state index in [1.54, 1.807) is 7.05 Å². The van der Waals surface area contributed by atoms with Gasteiger partial charge in [-0.05, 0) is 37.0 Å². The highest BCUT2D eigenvalue weighted by Gasteiger charge is 2.31. The first-order chi connectivity index (χ1) is 8.95. The molecule has 0 aromatic rings. The summed E-state index contributed by atoms with van der Waals surface area (Å²) in [6.45, 7) is 8.97. The molecular weight excluding hydrogens is 236 g/mol. The van der Waals surface area contributed by atoms with Crippen LogP contribution in [-0.4, -0.2) is 25.0 Å². The van der Waals surface area contributed by atoms with Crippen molar-refractivity contribution in [2.45, 2.75) is 71.9 Å². The molecule has 0 bridgehead atoms. The molecule has 112 valence electrons. The van der Waals surface area contributed by atoms with Gasteiger partial charge in [-0.3, -0.25) is 4.79 Å². The van der Waals surface area contributed by atoms with Gasteiger partial charge in [0, 0.05) is 13.1 Å². The minimum Gasteiger partial charge on any atom is -0.358 e. The summed E-state index contributed by atoms with van der Waals surface area (Å²) in [5.41, 5.74) is 0. The lowest BCUT2D eigenvalue weighted by atomic mass is 9.77. The molecule has 1 aliphatic rings. The summed E-state index contributed by atoms with van der Waals surface area (Å²) < 4.78 is 0. The van der Waals surface area contributed by atoms with Crippen molar-refractivity contribution >= 4 is 5.91 Å². The highest BCUT2D eigenvalue weighted by molar-refractivity contribution is 5.81. The van der Waals surface area contributed by atoms with Gasteiger partial charge in [-0.1, -0.05) is 40.5 Å². The molecule has 3 heteroatoms. The third kappa shape index (κ3) is 5.13. The van der Waals surface area contributed by atoms with E-state index in [4.69, 9.17) is 0 Å². The smallest absolute Gasteiger partial charge is 0.236 e. The molecule has 0 radical (unpaired) electrons. The van der Waals surface area contributed by atoms with Crippen LogP contribution in [0.5, 0.6) is 0 Å². The van der Waals surface area contributed by atoms with Crippen molar-refractivity contribution in [2.75, 3.05) is 7.05 Å². The second kappa shape index (κ2) is 7.88. The Morgan fingerprint density at radius 1 is 1.16 bits per heavy atom. The van der Waals surface area contributed by atoms with Gasteiger partial charge in [0.05, 0.1) is 6.04 Å². The Labute approximate surface area is 118 Å². The SMILES string of the molecule is CNC(=O)C(CC(C)C)NC1CCCCC1C(C)C. The quantitative estimate of drug-likeness (QED) is 0.777. The van der Waals surface area contributed by atoms with Crippen LogP contribution in [0.1, 0.15) is 59.8 Å². The molecule has 1 saturated carbocycles. The molecule has 0 saturated heterocycles. The van der Waals surface area contributed by atoms with Crippen molar-refractivity contribution in [1.82, 2.24) is 10.6 Å². The van der Waals surface area contributed by atoms with Gasteiger partial charge in [-0.2, -0.15) is 0 Å². The molecule has 1 amide bonds. The van der Waals surface area contributed by atoms with Gasteiger partial charge in [0.2, 0.25) is 5.91 Å². The first-order valence-corrected chi connectivity index (χ1v) is 7.93. The van der Waals surface area contributed by atoms with Gasteiger partial charge in [0.1, 0.15) is 0 Å². The average molecular weight is 268 g/mol. The number of carbonyl (C=O) groups excluding carboxylic acids is 1. The predicted molar refractivity (Wildman–Crippen MR) is 81.0 cm³/mol. The molecule has 19 heavy (non-hydrogen) atoms. The van der Waals surface area contributed by atoms with Crippen molar-refractivity contribution in [1.29, 1.82) is 0 Å². The van der Waals surface area contributed by atoms with Gasteiger partial charge in [0.25, 0.3) is 0 Å². The van der Waals surface area contributed by atoms with Gasteiger partial charge in [-0.25, -0.2) is 0 Å². The number of hydrogen-bond donors (Lipinski definition) is 2. The normalized spacial score (nSPS) is 25.6. The van der Waals surface area contributed by atoms with Gasteiger partial charge in [0.15, 0.2) is 0 Å². The standard InChI is InChI=1S/C16H32N2O/c1-11(2)10-15(16(19)17-5)18-14-9-7-6-8-13(14)12(3)4/h11-15,18H,6-10H2,1-5H3,(H,17,19). The Hall–Kier alpha value is -0.570. The molecule has 3 unspecified atom stereocenters. The maximum atomic E-state index is 12.0. The minimum atomic E-state index is -0.0330. The third-order valence-electron chi connectivity index (χ3n) is 4.36. The van der Waals surface area contributed by atoms with Crippen LogP contribution in [0.3, 0.4) is 0 Å².